The number of amides is 1. The van der Waals surface area contributed by atoms with Crippen LogP contribution < -0.4 is 4.74 Å². The summed E-state index contributed by atoms with van der Waals surface area (Å²) in [5, 5.41) is 0.878. The minimum Gasteiger partial charge on any atom is -0.494 e. The highest BCUT2D eigenvalue weighted by molar-refractivity contribution is 7.51. The van der Waals surface area contributed by atoms with E-state index in [-0.39, 0.29) is 17.4 Å². The average molecular weight is 384 g/mol. The summed E-state index contributed by atoms with van der Waals surface area (Å²) in [6.45, 7) is 1.97. The Labute approximate surface area is 160 Å². The van der Waals surface area contributed by atoms with E-state index in [1.807, 2.05) is 6.20 Å². The van der Waals surface area contributed by atoms with Gasteiger partial charge in [0, 0.05) is 25.4 Å². The molecule has 3 heterocycles. The lowest BCUT2D eigenvalue weighted by atomic mass is 9.98. The predicted octanol–water partition coefficient (Wildman–Crippen LogP) is 3.74. The number of hydrogen-bond donors (Lipinski definition) is 0. The third-order valence-electron chi connectivity index (χ3n) is 5.11. The molecule has 2 atom stereocenters. The Kier molecular flexibility index (Phi) is 4.98. The second-order valence-corrected chi connectivity index (χ2v) is 8.35. The van der Waals surface area contributed by atoms with Crippen molar-refractivity contribution in [2.24, 2.45) is 0 Å². The number of rotatable bonds is 3. The summed E-state index contributed by atoms with van der Waals surface area (Å²) in [5.74, 6) is -0.257. The van der Waals surface area contributed by atoms with Gasteiger partial charge in [-0.15, -0.1) is 0 Å². The maximum absolute atomic E-state index is 14.0. The van der Waals surface area contributed by atoms with Gasteiger partial charge in [-0.1, -0.05) is 32.9 Å². The molecule has 1 aromatic carbocycles. The van der Waals surface area contributed by atoms with Gasteiger partial charge in [0.05, 0.1) is 12.9 Å². The zero-order valence-corrected chi connectivity index (χ0v) is 16.4. The molecule has 2 unspecified atom stereocenters. The van der Waals surface area contributed by atoms with E-state index in [4.69, 9.17) is 4.74 Å². The molecular formula is C21H22FN2O2P. The van der Waals surface area contributed by atoms with Gasteiger partial charge in [0.15, 0.2) is 11.6 Å². The smallest absolute Gasteiger partial charge is 0.252 e. The van der Waals surface area contributed by atoms with Gasteiger partial charge in [0.2, 0.25) is 0 Å². The van der Waals surface area contributed by atoms with Crippen molar-refractivity contribution in [2.45, 2.75) is 12.2 Å². The molecule has 3 aliphatic rings. The molecule has 27 heavy (non-hydrogen) atoms. The normalized spacial score (nSPS) is 23.7. The van der Waals surface area contributed by atoms with Gasteiger partial charge in [0.25, 0.3) is 5.91 Å². The van der Waals surface area contributed by atoms with E-state index < -0.39 is 5.82 Å². The average Bonchev–Trinajstić information content (AvgIpc) is 2.68. The van der Waals surface area contributed by atoms with Gasteiger partial charge in [-0.05, 0) is 47.6 Å². The van der Waals surface area contributed by atoms with Crippen LogP contribution in [0.2, 0.25) is 0 Å². The second kappa shape index (κ2) is 7.41. The Morgan fingerprint density at radius 3 is 2.89 bits per heavy atom. The van der Waals surface area contributed by atoms with Crippen molar-refractivity contribution < 1.29 is 13.9 Å². The van der Waals surface area contributed by atoms with Crippen LogP contribution in [-0.4, -0.2) is 48.7 Å². The van der Waals surface area contributed by atoms with Crippen molar-refractivity contribution in [3.63, 3.8) is 0 Å². The number of fused-ring (bicyclic) bond motifs is 1. The van der Waals surface area contributed by atoms with Crippen LogP contribution in [0.5, 0.6) is 5.75 Å². The summed E-state index contributed by atoms with van der Waals surface area (Å²) >= 11 is 0. The zero-order chi connectivity index (χ0) is 19.0. The maximum Gasteiger partial charge on any atom is 0.252 e. The third-order valence-corrected chi connectivity index (χ3v) is 6.62. The molecule has 0 bridgehead atoms. The summed E-state index contributed by atoms with van der Waals surface area (Å²) in [4.78, 5) is 16.8. The molecule has 0 saturated carbocycles. The van der Waals surface area contributed by atoms with Gasteiger partial charge >= 0.3 is 0 Å². The van der Waals surface area contributed by atoms with Crippen molar-refractivity contribution in [1.29, 1.82) is 0 Å². The number of carbonyl (C=O) groups excluding carboxylic acids is 1. The summed E-state index contributed by atoms with van der Waals surface area (Å²) in [6.07, 6.45) is 11.0. The Hall–Kier alpha value is -2.23. The van der Waals surface area contributed by atoms with Crippen molar-refractivity contribution in [2.75, 3.05) is 27.2 Å². The van der Waals surface area contributed by atoms with Gasteiger partial charge in [0.1, 0.15) is 0 Å². The lowest BCUT2D eigenvalue weighted by Gasteiger charge is -2.35. The molecule has 0 N–H and O–H groups in total. The van der Waals surface area contributed by atoms with Crippen LogP contribution in [0.1, 0.15) is 12.0 Å². The van der Waals surface area contributed by atoms with Gasteiger partial charge in [-0.3, -0.25) is 4.79 Å². The molecule has 0 aliphatic carbocycles. The molecule has 4 nitrogen and oxygen atoms in total. The quantitative estimate of drug-likeness (QED) is 0.745. The fourth-order valence-corrected chi connectivity index (χ4v) is 4.88. The van der Waals surface area contributed by atoms with Crippen LogP contribution in [0.4, 0.5) is 4.39 Å². The lowest BCUT2D eigenvalue weighted by molar-refractivity contribution is -0.123. The molecule has 4 rings (SSSR count). The monoisotopic (exact) mass is 384 g/mol. The van der Waals surface area contributed by atoms with E-state index in [0.29, 0.717) is 8.58 Å². The predicted molar refractivity (Wildman–Crippen MR) is 107 cm³/mol. The standard InChI is InChI=1S/C21H22FN2O2P/c1-23-9-7-14(8-10-23)16-4-6-21-24(13-16)20(25)12-19(27-21)15-3-5-18(26-2)17(22)11-15/h3-7,11-13,21,27H,8-10H2,1-2H3. The van der Waals surface area contributed by atoms with Crippen LogP contribution in [0.25, 0.3) is 5.31 Å². The highest BCUT2D eigenvalue weighted by Gasteiger charge is 2.29. The zero-order valence-electron chi connectivity index (χ0n) is 15.4. The molecule has 140 valence electrons. The number of hydrogen-bond acceptors (Lipinski definition) is 3. The lowest BCUT2D eigenvalue weighted by Crippen LogP contribution is -2.35. The molecule has 0 saturated heterocycles. The van der Waals surface area contributed by atoms with Crippen molar-refractivity contribution in [1.82, 2.24) is 9.80 Å². The minimum absolute atomic E-state index is 0.00160. The summed E-state index contributed by atoms with van der Waals surface area (Å²) in [7, 11) is 3.93. The van der Waals surface area contributed by atoms with E-state index in [2.05, 4.69) is 30.2 Å². The maximum atomic E-state index is 14.0. The van der Waals surface area contributed by atoms with E-state index >= 15 is 0 Å². The van der Waals surface area contributed by atoms with Crippen LogP contribution in [-0.2, 0) is 4.79 Å². The third kappa shape index (κ3) is 3.62. The number of carbonyl (C=O) groups is 1. The molecule has 6 heteroatoms. The number of likely N-dealkylation sites (N-methyl/N-ethyl adjacent to an activating group) is 1. The van der Waals surface area contributed by atoms with Crippen LogP contribution in [0, 0.1) is 5.82 Å². The molecular weight excluding hydrogens is 362 g/mol. The van der Waals surface area contributed by atoms with Crippen LogP contribution in [0.15, 0.2) is 59.8 Å². The summed E-state index contributed by atoms with van der Waals surface area (Å²) < 4.78 is 19.0. The fraction of sp³-hybridized carbons (Fsp3) is 0.286. The first-order valence-electron chi connectivity index (χ1n) is 8.97. The summed E-state index contributed by atoms with van der Waals surface area (Å²) in [6, 6.07) is 4.85. The van der Waals surface area contributed by atoms with E-state index in [1.165, 1.54) is 18.7 Å². The molecule has 0 fully saturated rings. The van der Waals surface area contributed by atoms with Gasteiger partial charge in [-0.25, -0.2) is 4.39 Å². The van der Waals surface area contributed by atoms with Crippen molar-refractivity contribution >= 4 is 19.8 Å². The van der Waals surface area contributed by atoms with Gasteiger partial charge < -0.3 is 14.5 Å². The highest BCUT2D eigenvalue weighted by atomic mass is 31.1. The Bertz CT molecular complexity index is 903. The van der Waals surface area contributed by atoms with Crippen molar-refractivity contribution in [3.8, 4) is 5.75 Å². The second-order valence-electron chi connectivity index (χ2n) is 6.93. The first kappa shape index (κ1) is 18.1. The first-order valence-corrected chi connectivity index (χ1v) is 10.1. The topological polar surface area (TPSA) is 32.8 Å². The first-order chi connectivity index (χ1) is 13.0. The molecule has 0 aromatic heterocycles. The van der Waals surface area contributed by atoms with E-state index in [9.17, 15) is 9.18 Å². The Balaban J connectivity index is 1.58. The summed E-state index contributed by atoms with van der Waals surface area (Å²) in [5.41, 5.74) is 3.15. The number of ether oxygens (including phenoxy) is 1. The number of allylic oxidation sites excluding steroid dienone is 2. The van der Waals surface area contributed by atoms with Crippen molar-refractivity contribution in [3.05, 3.63) is 71.2 Å². The molecule has 1 aromatic rings. The van der Waals surface area contributed by atoms with E-state index in [1.54, 1.807) is 23.1 Å². The number of benzene rings is 1. The van der Waals surface area contributed by atoms with Gasteiger partial charge in [-0.2, -0.15) is 0 Å². The largest absolute Gasteiger partial charge is 0.494 e. The molecule has 0 radical (unpaired) electrons. The SMILES string of the molecule is COc1ccc(C2=CC(=O)N3C=C(C4=CCN(C)CC4)C=CC3P2)cc1F. The molecule has 3 aliphatic heterocycles. The fourth-order valence-electron chi connectivity index (χ4n) is 3.50. The molecule has 0 spiro atoms. The highest BCUT2D eigenvalue weighted by Crippen LogP contribution is 2.45. The number of methoxy groups -OCH3 is 1. The minimum atomic E-state index is -0.411. The Morgan fingerprint density at radius 2 is 2.19 bits per heavy atom. The number of nitrogens with zero attached hydrogens (tertiary/aromatic N) is 2. The Morgan fingerprint density at radius 1 is 1.33 bits per heavy atom. The van der Waals surface area contributed by atoms with E-state index in [0.717, 1.165) is 36.0 Å². The molecule has 1 amide bonds. The number of halogens is 1. The van der Waals surface area contributed by atoms with Crippen LogP contribution in [0.3, 0.4) is 0 Å². The van der Waals surface area contributed by atoms with Crippen LogP contribution >= 0.6 is 8.58 Å².